The molecule has 0 atom stereocenters. The highest BCUT2D eigenvalue weighted by Crippen LogP contribution is 2.22. The Morgan fingerprint density at radius 3 is 2.81 bits per heavy atom. The summed E-state index contributed by atoms with van der Waals surface area (Å²) in [6.07, 6.45) is 1.61. The molecule has 2 N–H and O–H groups in total. The van der Waals surface area contributed by atoms with Crippen LogP contribution in [-0.2, 0) is 6.54 Å². The standard InChI is InChI=1S/C16H16N2O3/c19-8-7-17-16(20)14-10-15-13(6-9-21-15)18(14)11-12-4-2-1-3-5-12/h1-6,9-10,19H,7-8,11H2,(H,17,20). The van der Waals surface area contributed by atoms with E-state index >= 15 is 0 Å². The van der Waals surface area contributed by atoms with Crippen molar-refractivity contribution < 1.29 is 14.3 Å². The number of amides is 1. The molecule has 0 unspecified atom stereocenters. The van der Waals surface area contributed by atoms with E-state index in [-0.39, 0.29) is 19.1 Å². The van der Waals surface area contributed by atoms with Gasteiger partial charge in [-0.05, 0) is 5.56 Å². The van der Waals surface area contributed by atoms with Crippen molar-refractivity contribution in [3.63, 3.8) is 0 Å². The number of nitrogens with one attached hydrogen (secondary N) is 1. The highest BCUT2D eigenvalue weighted by atomic mass is 16.3. The van der Waals surface area contributed by atoms with E-state index in [0.717, 1.165) is 11.1 Å². The van der Waals surface area contributed by atoms with Crippen LogP contribution in [0.5, 0.6) is 0 Å². The van der Waals surface area contributed by atoms with Crippen molar-refractivity contribution in [2.75, 3.05) is 13.2 Å². The minimum Gasteiger partial charge on any atom is -0.463 e. The Bertz CT molecular complexity index is 743. The second-order valence-electron chi connectivity index (χ2n) is 4.75. The normalized spacial score (nSPS) is 10.9. The zero-order valence-electron chi connectivity index (χ0n) is 11.5. The monoisotopic (exact) mass is 284 g/mol. The average molecular weight is 284 g/mol. The summed E-state index contributed by atoms with van der Waals surface area (Å²) < 4.78 is 7.30. The molecule has 1 amide bonds. The maximum atomic E-state index is 12.2. The van der Waals surface area contributed by atoms with Crippen LogP contribution in [0, 0.1) is 0 Å². The van der Waals surface area contributed by atoms with Gasteiger partial charge >= 0.3 is 0 Å². The fourth-order valence-electron chi connectivity index (χ4n) is 2.36. The second-order valence-corrected chi connectivity index (χ2v) is 4.75. The van der Waals surface area contributed by atoms with Crippen molar-refractivity contribution in [1.29, 1.82) is 0 Å². The van der Waals surface area contributed by atoms with E-state index in [1.165, 1.54) is 0 Å². The number of hydrogen-bond donors (Lipinski definition) is 2. The molecule has 0 aliphatic carbocycles. The minimum atomic E-state index is -0.216. The molecule has 0 spiro atoms. The number of aliphatic hydroxyl groups is 1. The molecule has 21 heavy (non-hydrogen) atoms. The number of carbonyl (C=O) groups is 1. The Morgan fingerprint density at radius 2 is 2.05 bits per heavy atom. The third-order valence-electron chi connectivity index (χ3n) is 3.34. The summed E-state index contributed by atoms with van der Waals surface area (Å²) in [5, 5.41) is 11.5. The Morgan fingerprint density at radius 1 is 1.24 bits per heavy atom. The predicted molar refractivity (Wildman–Crippen MR) is 79.2 cm³/mol. The van der Waals surface area contributed by atoms with Crippen LogP contribution >= 0.6 is 0 Å². The minimum absolute atomic E-state index is 0.0821. The van der Waals surface area contributed by atoms with Crippen LogP contribution in [0.25, 0.3) is 11.1 Å². The molecular weight excluding hydrogens is 268 g/mol. The van der Waals surface area contributed by atoms with Gasteiger partial charge < -0.3 is 19.4 Å². The SMILES string of the molecule is O=C(NCCO)c1cc2occc2n1Cc1ccccc1. The maximum Gasteiger partial charge on any atom is 0.268 e. The molecule has 1 aromatic carbocycles. The quantitative estimate of drug-likeness (QED) is 0.753. The summed E-state index contributed by atoms with van der Waals surface area (Å²) in [5.74, 6) is -0.216. The Labute approximate surface area is 121 Å². The average Bonchev–Trinajstić information content (AvgIpc) is 3.08. The second kappa shape index (κ2) is 5.85. The topological polar surface area (TPSA) is 67.4 Å². The van der Waals surface area contributed by atoms with E-state index in [1.54, 1.807) is 12.3 Å². The van der Waals surface area contributed by atoms with Gasteiger partial charge in [0.2, 0.25) is 0 Å². The number of nitrogens with zero attached hydrogens (tertiary/aromatic N) is 1. The molecule has 0 fully saturated rings. The van der Waals surface area contributed by atoms with Gasteiger partial charge in [-0.15, -0.1) is 0 Å². The van der Waals surface area contributed by atoms with Crippen molar-refractivity contribution in [2.45, 2.75) is 6.54 Å². The molecule has 0 aliphatic rings. The highest BCUT2D eigenvalue weighted by molar-refractivity contribution is 5.97. The number of fused-ring (bicyclic) bond motifs is 1. The molecule has 0 bridgehead atoms. The maximum absolute atomic E-state index is 12.2. The van der Waals surface area contributed by atoms with E-state index in [4.69, 9.17) is 9.52 Å². The number of aliphatic hydroxyl groups excluding tert-OH is 1. The first-order valence-electron chi connectivity index (χ1n) is 6.79. The lowest BCUT2D eigenvalue weighted by Gasteiger charge is -2.10. The van der Waals surface area contributed by atoms with Gasteiger partial charge in [-0.2, -0.15) is 0 Å². The molecule has 108 valence electrons. The van der Waals surface area contributed by atoms with Gasteiger partial charge in [-0.1, -0.05) is 30.3 Å². The van der Waals surface area contributed by atoms with Crippen LogP contribution in [0.4, 0.5) is 0 Å². The van der Waals surface area contributed by atoms with Crippen molar-refractivity contribution >= 4 is 17.0 Å². The first-order chi connectivity index (χ1) is 10.3. The lowest BCUT2D eigenvalue weighted by molar-refractivity contribution is 0.0936. The Hall–Kier alpha value is -2.53. The fourth-order valence-corrected chi connectivity index (χ4v) is 2.36. The first-order valence-corrected chi connectivity index (χ1v) is 6.79. The fraction of sp³-hybridized carbons (Fsp3) is 0.188. The van der Waals surface area contributed by atoms with E-state index < -0.39 is 0 Å². The molecule has 5 nitrogen and oxygen atoms in total. The van der Waals surface area contributed by atoms with Crippen LogP contribution in [0.3, 0.4) is 0 Å². The van der Waals surface area contributed by atoms with Gasteiger partial charge in [0.15, 0.2) is 5.58 Å². The van der Waals surface area contributed by atoms with Crippen LogP contribution in [-0.4, -0.2) is 28.7 Å². The van der Waals surface area contributed by atoms with Crippen molar-refractivity contribution in [1.82, 2.24) is 9.88 Å². The third kappa shape index (κ3) is 2.68. The van der Waals surface area contributed by atoms with E-state index in [1.807, 2.05) is 41.0 Å². The lowest BCUT2D eigenvalue weighted by Crippen LogP contribution is -2.28. The molecule has 0 saturated heterocycles. The van der Waals surface area contributed by atoms with Crippen molar-refractivity contribution in [2.24, 2.45) is 0 Å². The molecule has 5 heteroatoms. The van der Waals surface area contributed by atoms with E-state index in [0.29, 0.717) is 17.8 Å². The van der Waals surface area contributed by atoms with E-state index in [9.17, 15) is 4.79 Å². The summed E-state index contributed by atoms with van der Waals surface area (Å²) in [4.78, 5) is 12.2. The Balaban J connectivity index is 1.98. The number of benzene rings is 1. The molecule has 2 heterocycles. The van der Waals surface area contributed by atoms with Gasteiger partial charge in [0, 0.05) is 25.2 Å². The predicted octanol–water partition coefficient (Wildman–Crippen LogP) is 2.00. The molecule has 0 radical (unpaired) electrons. The Kier molecular flexibility index (Phi) is 3.75. The molecular formula is C16H16N2O3. The van der Waals surface area contributed by atoms with E-state index in [2.05, 4.69) is 5.32 Å². The molecule has 2 aromatic heterocycles. The molecule has 3 aromatic rings. The van der Waals surface area contributed by atoms with Gasteiger partial charge in [-0.3, -0.25) is 4.79 Å². The van der Waals surface area contributed by atoms with Crippen LogP contribution in [0.1, 0.15) is 16.1 Å². The lowest BCUT2D eigenvalue weighted by atomic mass is 10.2. The highest BCUT2D eigenvalue weighted by Gasteiger charge is 2.17. The number of furan rings is 1. The number of aromatic nitrogens is 1. The number of rotatable bonds is 5. The molecule has 3 rings (SSSR count). The van der Waals surface area contributed by atoms with Crippen LogP contribution < -0.4 is 5.32 Å². The third-order valence-corrected chi connectivity index (χ3v) is 3.34. The zero-order chi connectivity index (χ0) is 14.7. The van der Waals surface area contributed by atoms with Gasteiger partial charge in [0.1, 0.15) is 5.69 Å². The van der Waals surface area contributed by atoms with Gasteiger partial charge in [0.25, 0.3) is 5.91 Å². The van der Waals surface area contributed by atoms with Crippen molar-refractivity contribution in [3.8, 4) is 0 Å². The van der Waals surface area contributed by atoms with Gasteiger partial charge in [0.05, 0.1) is 18.4 Å². The van der Waals surface area contributed by atoms with Crippen LogP contribution in [0.2, 0.25) is 0 Å². The first kappa shape index (κ1) is 13.5. The summed E-state index contributed by atoms with van der Waals surface area (Å²) in [5.41, 5.74) is 3.20. The summed E-state index contributed by atoms with van der Waals surface area (Å²) >= 11 is 0. The van der Waals surface area contributed by atoms with Crippen LogP contribution in [0.15, 0.2) is 53.1 Å². The summed E-state index contributed by atoms with van der Waals surface area (Å²) in [7, 11) is 0. The van der Waals surface area contributed by atoms with Crippen molar-refractivity contribution in [3.05, 3.63) is 60.0 Å². The van der Waals surface area contributed by atoms with Gasteiger partial charge in [-0.25, -0.2) is 0 Å². The largest absolute Gasteiger partial charge is 0.463 e. The molecule has 0 aliphatic heterocycles. The smallest absolute Gasteiger partial charge is 0.268 e. The molecule has 0 saturated carbocycles. The zero-order valence-corrected chi connectivity index (χ0v) is 11.5. The number of hydrogen-bond acceptors (Lipinski definition) is 3. The number of carbonyl (C=O) groups excluding carboxylic acids is 1. The summed E-state index contributed by atoms with van der Waals surface area (Å²) in [6, 6.07) is 13.5. The summed E-state index contributed by atoms with van der Waals surface area (Å²) in [6.45, 7) is 0.740.